The summed E-state index contributed by atoms with van der Waals surface area (Å²) >= 11 is 0. The van der Waals surface area contributed by atoms with Gasteiger partial charge in [0.05, 0.1) is 17.8 Å². The first-order valence-corrected chi connectivity index (χ1v) is 11.7. The van der Waals surface area contributed by atoms with Crippen molar-refractivity contribution in [2.75, 3.05) is 16.0 Å². The number of pyridine rings is 1. The minimum atomic E-state index is -0.486. The van der Waals surface area contributed by atoms with E-state index in [9.17, 15) is 14.0 Å². The van der Waals surface area contributed by atoms with Gasteiger partial charge in [0.2, 0.25) is 5.91 Å². The zero-order valence-corrected chi connectivity index (χ0v) is 20.5. The van der Waals surface area contributed by atoms with Crippen molar-refractivity contribution in [2.24, 2.45) is 0 Å². The summed E-state index contributed by atoms with van der Waals surface area (Å²) in [6, 6.07) is 15.8. The monoisotopic (exact) mass is 500 g/mol. The number of urea groups is 1. The van der Waals surface area contributed by atoms with E-state index in [1.54, 1.807) is 59.4 Å². The van der Waals surface area contributed by atoms with Crippen molar-refractivity contribution in [3.8, 4) is 17.2 Å². The molecule has 37 heavy (non-hydrogen) atoms. The summed E-state index contributed by atoms with van der Waals surface area (Å²) in [4.78, 5) is 28.8. The zero-order chi connectivity index (χ0) is 26.2. The molecule has 188 valence electrons. The molecule has 0 aliphatic carbocycles. The van der Waals surface area contributed by atoms with Gasteiger partial charge < -0.3 is 15.4 Å². The first kappa shape index (κ1) is 24.0. The van der Waals surface area contributed by atoms with Gasteiger partial charge in [-0.25, -0.2) is 18.9 Å². The molecule has 0 atom stereocenters. The number of hydrogen-bond donors (Lipinski definition) is 3. The number of rotatable bonds is 5. The highest BCUT2D eigenvalue weighted by Crippen LogP contribution is 2.33. The summed E-state index contributed by atoms with van der Waals surface area (Å²) in [5.41, 5.74) is 2.30. The van der Waals surface area contributed by atoms with Crippen LogP contribution in [0.1, 0.15) is 32.0 Å². The van der Waals surface area contributed by atoms with Crippen LogP contribution in [0.3, 0.4) is 0 Å². The topological polar surface area (TPSA) is 110 Å². The number of benzene rings is 2. The maximum atomic E-state index is 13.5. The molecule has 1 aliphatic heterocycles. The van der Waals surface area contributed by atoms with Crippen LogP contribution in [-0.4, -0.2) is 26.7 Å². The van der Waals surface area contributed by atoms with Crippen molar-refractivity contribution in [1.29, 1.82) is 0 Å². The molecule has 0 saturated heterocycles. The molecule has 1 aliphatic rings. The van der Waals surface area contributed by atoms with Gasteiger partial charge in [-0.3, -0.25) is 10.1 Å². The van der Waals surface area contributed by atoms with Gasteiger partial charge in [-0.05, 0) is 42.5 Å². The van der Waals surface area contributed by atoms with Crippen LogP contribution in [-0.2, 0) is 16.6 Å². The third kappa shape index (κ3) is 5.27. The average molecular weight is 501 g/mol. The molecular weight excluding hydrogens is 475 g/mol. The number of ether oxygens (including phenoxy) is 1. The molecule has 9 nitrogen and oxygen atoms in total. The Hall–Kier alpha value is -4.73. The standard InChI is InChI=1S/C27H25FN6O3/c1-27(2,3)22-15-23(34(33-22)18-9-7-16(28)8-10-18)31-26(36)30-17-5-4-6-19(13-17)37-21-11-12-29-25-20(21)14-24(35)32-25/h4-13,15H,14H2,1-3H3,(H,29,32,35)(H2,30,31,36). The second-order valence-electron chi connectivity index (χ2n) is 9.62. The predicted molar refractivity (Wildman–Crippen MR) is 138 cm³/mol. The number of carbonyl (C=O) groups is 2. The Morgan fingerprint density at radius 3 is 2.62 bits per heavy atom. The molecule has 10 heteroatoms. The fraction of sp³-hybridized carbons (Fsp3) is 0.185. The van der Waals surface area contributed by atoms with E-state index in [0.29, 0.717) is 40.1 Å². The number of anilines is 3. The molecule has 0 saturated carbocycles. The van der Waals surface area contributed by atoms with E-state index in [0.717, 1.165) is 5.69 Å². The highest BCUT2D eigenvalue weighted by molar-refractivity contribution is 6.00. The molecule has 3 amide bonds. The molecule has 3 N–H and O–H groups in total. The van der Waals surface area contributed by atoms with E-state index in [-0.39, 0.29) is 23.6 Å². The van der Waals surface area contributed by atoms with Crippen LogP contribution < -0.4 is 20.7 Å². The number of halogens is 1. The lowest BCUT2D eigenvalue weighted by Gasteiger charge is -2.14. The van der Waals surface area contributed by atoms with Gasteiger partial charge in [0.1, 0.15) is 29.0 Å². The van der Waals surface area contributed by atoms with Crippen LogP contribution in [0.15, 0.2) is 66.9 Å². The summed E-state index contributed by atoms with van der Waals surface area (Å²) in [7, 11) is 0. The van der Waals surface area contributed by atoms with E-state index in [4.69, 9.17) is 4.74 Å². The molecule has 0 radical (unpaired) electrons. The Morgan fingerprint density at radius 1 is 1.08 bits per heavy atom. The Bertz CT molecular complexity index is 1490. The van der Waals surface area contributed by atoms with Crippen molar-refractivity contribution < 1.29 is 18.7 Å². The van der Waals surface area contributed by atoms with Crippen molar-refractivity contribution in [3.05, 3.63) is 83.9 Å². The van der Waals surface area contributed by atoms with E-state index in [1.165, 1.54) is 12.1 Å². The summed E-state index contributed by atoms with van der Waals surface area (Å²) in [5, 5.41) is 13.0. The smallest absolute Gasteiger partial charge is 0.324 e. The van der Waals surface area contributed by atoms with Gasteiger partial charge >= 0.3 is 6.03 Å². The van der Waals surface area contributed by atoms with Crippen LogP contribution in [0.5, 0.6) is 11.5 Å². The number of fused-ring (bicyclic) bond motifs is 1. The van der Waals surface area contributed by atoms with Gasteiger partial charge in [0, 0.05) is 35.0 Å². The highest BCUT2D eigenvalue weighted by Gasteiger charge is 2.24. The van der Waals surface area contributed by atoms with Gasteiger partial charge in [0.25, 0.3) is 0 Å². The summed E-state index contributed by atoms with van der Waals surface area (Å²) in [6.07, 6.45) is 1.75. The number of hydrogen-bond acceptors (Lipinski definition) is 5. The van der Waals surface area contributed by atoms with Gasteiger partial charge in [-0.1, -0.05) is 26.8 Å². The normalized spacial score (nSPS) is 12.6. The summed E-state index contributed by atoms with van der Waals surface area (Å²) < 4.78 is 21.0. The van der Waals surface area contributed by atoms with Gasteiger partial charge in [0.15, 0.2) is 0 Å². The van der Waals surface area contributed by atoms with Crippen molar-refractivity contribution in [3.63, 3.8) is 0 Å². The molecule has 0 unspecified atom stereocenters. The molecule has 0 fully saturated rings. The zero-order valence-electron chi connectivity index (χ0n) is 20.5. The van der Waals surface area contributed by atoms with Crippen molar-refractivity contribution in [1.82, 2.24) is 14.8 Å². The number of aromatic nitrogens is 3. The van der Waals surface area contributed by atoms with Crippen LogP contribution in [0.4, 0.5) is 26.5 Å². The number of carbonyl (C=O) groups excluding carboxylic acids is 2. The van der Waals surface area contributed by atoms with Crippen LogP contribution in [0, 0.1) is 5.82 Å². The maximum absolute atomic E-state index is 13.5. The first-order chi connectivity index (χ1) is 17.7. The van der Waals surface area contributed by atoms with Gasteiger partial charge in [-0.2, -0.15) is 5.10 Å². The molecule has 2 aromatic heterocycles. The maximum Gasteiger partial charge on any atom is 0.324 e. The molecule has 3 heterocycles. The van der Waals surface area contributed by atoms with E-state index < -0.39 is 6.03 Å². The van der Waals surface area contributed by atoms with Crippen molar-refractivity contribution in [2.45, 2.75) is 32.6 Å². The number of amides is 3. The second-order valence-corrected chi connectivity index (χ2v) is 9.62. The lowest BCUT2D eigenvalue weighted by Crippen LogP contribution is -2.21. The van der Waals surface area contributed by atoms with Crippen molar-refractivity contribution >= 4 is 29.3 Å². The van der Waals surface area contributed by atoms with E-state index >= 15 is 0 Å². The summed E-state index contributed by atoms with van der Waals surface area (Å²) in [5.74, 6) is 1.43. The largest absolute Gasteiger partial charge is 0.457 e. The fourth-order valence-electron chi connectivity index (χ4n) is 3.84. The summed E-state index contributed by atoms with van der Waals surface area (Å²) in [6.45, 7) is 6.05. The lowest BCUT2D eigenvalue weighted by molar-refractivity contribution is -0.115. The minimum absolute atomic E-state index is 0.139. The molecule has 0 spiro atoms. The fourth-order valence-corrected chi connectivity index (χ4v) is 3.84. The predicted octanol–water partition coefficient (Wildman–Crippen LogP) is 5.63. The Balaban J connectivity index is 1.34. The minimum Gasteiger partial charge on any atom is -0.457 e. The molecule has 5 rings (SSSR count). The van der Waals surface area contributed by atoms with Gasteiger partial charge in [-0.15, -0.1) is 0 Å². The van der Waals surface area contributed by atoms with Crippen LogP contribution >= 0.6 is 0 Å². The molecule has 2 aromatic carbocycles. The SMILES string of the molecule is CC(C)(C)c1cc(NC(=O)Nc2cccc(Oc3ccnc4c3CC(=O)N4)c2)n(-c2ccc(F)cc2)n1. The Kier molecular flexibility index (Phi) is 6.08. The number of nitrogens with one attached hydrogen (secondary N) is 3. The Labute approximate surface area is 212 Å². The van der Waals surface area contributed by atoms with E-state index in [2.05, 4.69) is 26.0 Å². The lowest BCUT2D eigenvalue weighted by atomic mass is 9.92. The Morgan fingerprint density at radius 2 is 1.86 bits per heavy atom. The van der Waals surface area contributed by atoms with Crippen LogP contribution in [0.2, 0.25) is 0 Å². The average Bonchev–Trinajstić information content (AvgIpc) is 3.43. The third-order valence-corrected chi connectivity index (χ3v) is 5.72. The molecular formula is C27H25FN6O3. The van der Waals surface area contributed by atoms with Crippen LogP contribution in [0.25, 0.3) is 5.69 Å². The second kappa shape index (κ2) is 9.38. The first-order valence-electron chi connectivity index (χ1n) is 11.7. The van der Waals surface area contributed by atoms with E-state index in [1.807, 2.05) is 20.8 Å². The quantitative estimate of drug-likeness (QED) is 0.329. The number of nitrogens with zero attached hydrogens (tertiary/aromatic N) is 3. The third-order valence-electron chi connectivity index (χ3n) is 5.72. The highest BCUT2D eigenvalue weighted by atomic mass is 19.1. The molecule has 0 bridgehead atoms. The molecule has 4 aromatic rings.